The van der Waals surface area contributed by atoms with Gasteiger partial charge in [-0.2, -0.15) is 0 Å². The highest BCUT2D eigenvalue weighted by Crippen LogP contribution is 2.19. The summed E-state index contributed by atoms with van der Waals surface area (Å²) in [6.45, 7) is 5.95. The van der Waals surface area contributed by atoms with Crippen LogP contribution in [0.1, 0.15) is 26.2 Å². The average molecular weight is 361 g/mol. The molecule has 0 aromatic heterocycles. The van der Waals surface area contributed by atoms with E-state index in [1.165, 1.54) is 0 Å². The second kappa shape index (κ2) is 10.9. The molecule has 26 heavy (non-hydrogen) atoms. The second-order valence-corrected chi connectivity index (χ2v) is 6.66. The minimum absolute atomic E-state index is 0.0558. The molecule has 1 heterocycles. The van der Waals surface area contributed by atoms with Crippen LogP contribution in [0.3, 0.4) is 0 Å². The van der Waals surface area contributed by atoms with Gasteiger partial charge in [-0.3, -0.25) is 14.5 Å². The first-order valence-corrected chi connectivity index (χ1v) is 9.50. The summed E-state index contributed by atoms with van der Waals surface area (Å²) in [5, 5.41) is 2.98. The van der Waals surface area contributed by atoms with E-state index in [0.717, 1.165) is 38.0 Å². The fourth-order valence-electron chi connectivity index (χ4n) is 3.31. The van der Waals surface area contributed by atoms with Crippen LogP contribution in [0.25, 0.3) is 0 Å². The fraction of sp³-hybridized carbons (Fsp3) is 0.600. The summed E-state index contributed by atoms with van der Waals surface area (Å²) in [4.78, 5) is 28.8. The number of likely N-dealkylation sites (tertiary alicyclic amines) is 1. The number of nitrogens with one attached hydrogen (secondary N) is 1. The number of hydrogen-bond acceptors (Lipinski definition) is 4. The van der Waals surface area contributed by atoms with Crippen LogP contribution in [-0.4, -0.2) is 63.2 Å². The number of amides is 2. The first-order chi connectivity index (χ1) is 12.7. The zero-order valence-electron chi connectivity index (χ0n) is 15.9. The molecule has 2 amide bonds. The van der Waals surface area contributed by atoms with Gasteiger partial charge in [-0.25, -0.2) is 0 Å². The molecule has 1 aromatic carbocycles. The quantitative estimate of drug-likeness (QED) is 0.683. The van der Waals surface area contributed by atoms with Crippen LogP contribution < -0.4 is 10.2 Å². The molecular weight excluding hydrogens is 330 g/mol. The number of ether oxygens (including phenoxy) is 1. The number of hydrogen-bond donors (Lipinski definition) is 1. The van der Waals surface area contributed by atoms with Crippen molar-refractivity contribution < 1.29 is 14.3 Å². The molecule has 0 unspecified atom stereocenters. The SMILES string of the molecule is CCN(C(=O)CN1CCC(C(=O)NCCCOC)CC1)c1ccccc1. The Morgan fingerprint density at radius 1 is 1.23 bits per heavy atom. The smallest absolute Gasteiger partial charge is 0.241 e. The zero-order chi connectivity index (χ0) is 18.8. The van der Waals surface area contributed by atoms with Crippen molar-refractivity contribution in [2.75, 3.05) is 51.3 Å². The summed E-state index contributed by atoms with van der Waals surface area (Å²) in [5.41, 5.74) is 0.935. The van der Waals surface area contributed by atoms with E-state index in [1.807, 2.05) is 42.2 Å². The summed E-state index contributed by atoms with van der Waals surface area (Å²) >= 11 is 0. The topological polar surface area (TPSA) is 61.9 Å². The van der Waals surface area contributed by atoms with Crippen LogP contribution in [0.4, 0.5) is 5.69 Å². The largest absolute Gasteiger partial charge is 0.385 e. The molecule has 0 atom stereocenters. The van der Waals surface area contributed by atoms with E-state index in [1.54, 1.807) is 7.11 Å². The van der Waals surface area contributed by atoms with Gasteiger partial charge in [0.05, 0.1) is 6.54 Å². The molecule has 0 radical (unpaired) electrons. The third kappa shape index (κ3) is 6.11. The van der Waals surface area contributed by atoms with E-state index < -0.39 is 0 Å². The maximum atomic E-state index is 12.7. The summed E-state index contributed by atoms with van der Waals surface area (Å²) < 4.78 is 4.99. The van der Waals surface area contributed by atoms with Crippen molar-refractivity contribution in [3.63, 3.8) is 0 Å². The monoisotopic (exact) mass is 361 g/mol. The van der Waals surface area contributed by atoms with Gasteiger partial charge in [-0.1, -0.05) is 18.2 Å². The summed E-state index contributed by atoms with van der Waals surface area (Å²) in [6.07, 6.45) is 2.45. The Balaban J connectivity index is 1.75. The Labute approximate surface area is 156 Å². The standard InChI is InChI=1S/C20H31N3O3/c1-3-23(18-8-5-4-6-9-18)19(24)16-22-13-10-17(11-14-22)20(25)21-12-7-15-26-2/h4-6,8-9,17H,3,7,10-16H2,1-2H3,(H,21,25). The van der Waals surface area contributed by atoms with E-state index in [-0.39, 0.29) is 17.7 Å². The number of para-hydroxylation sites is 1. The molecule has 144 valence electrons. The summed E-state index contributed by atoms with van der Waals surface area (Å²) in [7, 11) is 1.66. The average Bonchev–Trinajstić information content (AvgIpc) is 2.67. The highest BCUT2D eigenvalue weighted by Gasteiger charge is 2.26. The van der Waals surface area contributed by atoms with Crippen LogP contribution in [-0.2, 0) is 14.3 Å². The van der Waals surface area contributed by atoms with Crippen molar-refractivity contribution in [2.45, 2.75) is 26.2 Å². The van der Waals surface area contributed by atoms with Gasteiger partial charge in [-0.15, -0.1) is 0 Å². The molecule has 0 bridgehead atoms. The zero-order valence-corrected chi connectivity index (χ0v) is 15.9. The predicted octanol–water partition coefficient (Wildman–Crippen LogP) is 1.90. The normalized spacial score (nSPS) is 15.6. The van der Waals surface area contributed by atoms with Crippen LogP contribution in [0.2, 0.25) is 0 Å². The van der Waals surface area contributed by atoms with Gasteiger partial charge in [-0.05, 0) is 51.4 Å². The molecule has 6 nitrogen and oxygen atoms in total. The molecule has 2 rings (SSSR count). The Morgan fingerprint density at radius 3 is 2.54 bits per heavy atom. The number of likely N-dealkylation sites (N-methyl/N-ethyl adjacent to an activating group) is 1. The Bertz CT molecular complexity index is 557. The minimum atomic E-state index is 0.0558. The molecule has 1 aliphatic rings. The van der Waals surface area contributed by atoms with E-state index in [0.29, 0.717) is 26.2 Å². The highest BCUT2D eigenvalue weighted by atomic mass is 16.5. The minimum Gasteiger partial charge on any atom is -0.385 e. The second-order valence-electron chi connectivity index (χ2n) is 6.66. The van der Waals surface area contributed by atoms with Crippen LogP contribution in [0.15, 0.2) is 30.3 Å². The molecule has 1 aliphatic heterocycles. The number of piperidine rings is 1. The Kier molecular flexibility index (Phi) is 8.58. The summed E-state index contributed by atoms with van der Waals surface area (Å²) in [6, 6.07) is 9.76. The van der Waals surface area contributed by atoms with Crippen LogP contribution in [0, 0.1) is 5.92 Å². The molecule has 6 heteroatoms. The molecular formula is C20H31N3O3. The number of carbonyl (C=O) groups excluding carboxylic acids is 2. The third-order valence-electron chi connectivity index (χ3n) is 4.83. The molecule has 0 saturated carbocycles. The van der Waals surface area contributed by atoms with Crippen molar-refractivity contribution in [3.05, 3.63) is 30.3 Å². The molecule has 1 N–H and O–H groups in total. The summed E-state index contributed by atoms with van der Waals surface area (Å²) in [5.74, 6) is 0.299. The fourth-order valence-corrected chi connectivity index (χ4v) is 3.31. The Hall–Kier alpha value is -1.92. The number of anilines is 1. The number of nitrogens with zero attached hydrogens (tertiary/aromatic N) is 2. The lowest BCUT2D eigenvalue weighted by Gasteiger charge is -2.32. The van der Waals surface area contributed by atoms with Crippen LogP contribution in [0.5, 0.6) is 0 Å². The molecule has 0 spiro atoms. The first kappa shape index (κ1) is 20.4. The van der Waals surface area contributed by atoms with E-state index >= 15 is 0 Å². The van der Waals surface area contributed by atoms with Crippen molar-refractivity contribution in [1.82, 2.24) is 10.2 Å². The Morgan fingerprint density at radius 2 is 1.92 bits per heavy atom. The maximum absolute atomic E-state index is 12.7. The van der Waals surface area contributed by atoms with Crippen molar-refractivity contribution in [3.8, 4) is 0 Å². The lowest BCUT2D eigenvalue weighted by Crippen LogP contribution is -2.45. The lowest BCUT2D eigenvalue weighted by atomic mass is 9.96. The van der Waals surface area contributed by atoms with Gasteiger partial charge < -0.3 is 15.0 Å². The van der Waals surface area contributed by atoms with Crippen molar-refractivity contribution in [2.24, 2.45) is 5.92 Å². The number of rotatable bonds is 9. The molecule has 1 fully saturated rings. The highest BCUT2D eigenvalue weighted by molar-refractivity contribution is 5.94. The number of methoxy groups -OCH3 is 1. The van der Waals surface area contributed by atoms with Gasteiger partial charge in [0.15, 0.2) is 0 Å². The predicted molar refractivity (Wildman–Crippen MR) is 103 cm³/mol. The van der Waals surface area contributed by atoms with Crippen LogP contribution >= 0.6 is 0 Å². The third-order valence-corrected chi connectivity index (χ3v) is 4.83. The van der Waals surface area contributed by atoms with E-state index in [2.05, 4.69) is 10.2 Å². The lowest BCUT2D eigenvalue weighted by molar-refractivity contribution is -0.126. The number of carbonyl (C=O) groups is 2. The first-order valence-electron chi connectivity index (χ1n) is 9.50. The van der Waals surface area contributed by atoms with Gasteiger partial charge in [0.1, 0.15) is 0 Å². The number of benzene rings is 1. The van der Waals surface area contributed by atoms with E-state index in [4.69, 9.17) is 4.74 Å². The van der Waals surface area contributed by atoms with Gasteiger partial charge in [0, 0.05) is 38.4 Å². The molecule has 1 aromatic rings. The van der Waals surface area contributed by atoms with E-state index in [9.17, 15) is 9.59 Å². The molecule has 1 saturated heterocycles. The van der Waals surface area contributed by atoms with Crippen molar-refractivity contribution in [1.29, 1.82) is 0 Å². The van der Waals surface area contributed by atoms with Gasteiger partial charge >= 0.3 is 0 Å². The maximum Gasteiger partial charge on any atom is 0.241 e. The van der Waals surface area contributed by atoms with Gasteiger partial charge in [0.2, 0.25) is 11.8 Å². The van der Waals surface area contributed by atoms with Crippen molar-refractivity contribution >= 4 is 17.5 Å². The molecule has 0 aliphatic carbocycles. The van der Waals surface area contributed by atoms with Gasteiger partial charge in [0.25, 0.3) is 0 Å².